The Hall–Kier alpha value is -1.49. The third-order valence-electron chi connectivity index (χ3n) is 1.97. The van der Waals surface area contributed by atoms with Crippen LogP contribution >= 0.6 is 11.6 Å². The van der Waals surface area contributed by atoms with Crippen LogP contribution in [0.3, 0.4) is 0 Å². The number of hydrogen-bond acceptors (Lipinski definition) is 1. The standard InChI is InChI=1S/C10H6ClF3N2/c11-7-1-3-8(4-2-7)16-6-5-9(15-16)10(12,13)14/h1-6H. The van der Waals surface area contributed by atoms with E-state index in [4.69, 9.17) is 11.6 Å². The molecule has 0 amide bonds. The van der Waals surface area contributed by atoms with Crippen LogP contribution in [0.2, 0.25) is 5.02 Å². The quantitative estimate of drug-likeness (QED) is 0.752. The zero-order valence-corrected chi connectivity index (χ0v) is 8.63. The summed E-state index contributed by atoms with van der Waals surface area (Å²) in [6, 6.07) is 7.29. The van der Waals surface area contributed by atoms with Gasteiger partial charge in [-0.05, 0) is 30.3 Å². The van der Waals surface area contributed by atoms with Crippen LogP contribution in [-0.4, -0.2) is 9.78 Å². The molecule has 0 unspecified atom stereocenters. The molecule has 2 aromatic rings. The number of hydrogen-bond donors (Lipinski definition) is 0. The Kier molecular flexibility index (Phi) is 2.63. The van der Waals surface area contributed by atoms with Crippen LogP contribution in [0.1, 0.15) is 5.69 Å². The van der Waals surface area contributed by atoms with Gasteiger partial charge in [-0.1, -0.05) is 11.6 Å². The molecule has 1 aromatic heterocycles. The van der Waals surface area contributed by atoms with E-state index in [2.05, 4.69) is 5.10 Å². The van der Waals surface area contributed by atoms with E-state index in [0.29, 0.717) is 10.7 Å². The molecule has 1 aromatic carbocycles. The van der Waals surface area contributed by atoms with Gasteiger partial charge >= 0.3 is 6.18 Å². The Balaban J connectivity index is 2.35. The lowest BCUT2D eigenvalue weighted by atomic mass is 10.3. The molecule has 0 aliphatic rings. The van der Waals surface area contributed by atoms with E-state index in [9.17, 15) is 13.2 Å². The molecule has 0 N–H and O–H groups in total. The van der Waals surface area contributed by atoms with E-state index in [1.54, 1.807) is 24.3 Å². The number of alkyl halides is 3. The molecule has 0 aliphatic heterocycles. The summed E-state index contributed by atoms with van der Waals surface area (Å²) in [6.45, 7) is 0. The first-order chi connectivity index (χ1) is 7.47. The van der Waals surface area contributed by atoms with Crippen molar-refractivity contribution < 1.29 is 13.2 Å². The summed E-state index contributed by atoms with van der Waals surface area (Å²) in [7, 11) is 0. The molecular formula is C10H6ClF3N2. The minimum Gasteiger partial charge on any atom is -0.240 e. The van der Waals surface area contributed by atoms with Gasteiger partial charge in [-0.25, -0.2) is 4.68 Å². The summed E-state index contributed by atoms with van der Waals surface area (Å²) in [5, 5.41) is 3.95. The minimum atomic E-state index is -4.42. The smallest absolute Gasteiger partial charge is 0.240 e. The van der Waals surface area contributed by atoms with Gasteiger partial charge in [0.1, 0.15) is 0 Å². The Morgan fingerprint density at radius 1 is 1.06 bits per heavy atom. The van der Waals surface area contributed by atoms with Crippen molar-refractivity contribution in [1.82, 2.24) is 9.78 Å². The molecule has 0 spiro atoms. The molecule has 84 valence electrons. The summed E-state index contributed by atoms with van der Waals surface area (Å²) >= 11 is 5.67. The second-order valence-corrected chi connectivity index (χ2v) is 3.56. The maximum atomic E-state index is 12.3. The maximum absolute atomic E-state index is 12.3. The number of nitrogens with zero attached hydrogens (tertiary/aromatic N) is 2. The molecule has 16 heavy (non-hydrogen) atoms. The zero-order chi connectivity index (χ0) is 11.8. The predicted octanol–water partition coefficient (Wildman–Crippen LogP) is 3.54. The number of halogens is 4. The first-order valence-corrected chi connectivity index (χ1v) is 4.73. The van der Waals surface area contributed by atoms with Gasteiger partial charge in [0, 0.05) is 11.2 Å². The minimum absolute atomic E-state index is 0.520. The highest BCUT2D eigenvalue weighted by molar-refractivity contribution is 6.30. The lowest BCUT2D eigenvalue weighted by molar-refractivity contribution is -0.141. The molecular weight excluding hydrogens is 241 g/mol. The Labute approximate surface area is 94.3 Å². The van der Waals surface area contributed by atoms with Crippen LogP contribution in [0.4, 0.5) is 13.2 Å². The summed E-state index contributed by atoms with van der Waals surface area (Å²) < 4.78 is 38.0. The van der Waals surface area contributed by atoms with Crippen molar-refractivity contribution in [3.05, 3.63) is 47.2 Å². The van der Waals surface area contributed by atoms with Crippen molar-refractivity contribution in [1.29, 1.82) is 0 Å². The summed E-state index contributed by atoms with van der Waals surface area (Å²) in [5.74, 6) is 0. The molecule has 1 heterocycles. The van der Waals surface area contributed by atoms with Gasteiger partial charge < -0.3 is 0 Å². The average molecular weight is 247 g/mol. The van der Waals surface area contributed by atoms with Crippen molar-refractivity contribution in [3.63, 3.8) is 0 Å². The van der Waals surface area contributed by atoms with Crippen LogP contribution < -0.4 is 0 Å². The molecule has 2 nitrogen and oxygen atoms in total. The molecule has 0 saturated carbocycles. The van der Waals surface area contributed by atoms with Crippen molar-refractivity contribution in [2.45, 2.75) is 6.18 Å². The molecule has 0 radical (unpaired) electrons. The van der Waals surface area contributed by atoms with Crippen LogP contribution in [0.25, 0.3) is 5.69 Å². The molecule has 6 heteroatoms. The van der Waals surface area contributed by atoms with Crippen molar-refractivity contribution in [3.8, 4) is 5.69 Å². The second kappa shape index (κ2) is 3.83. The fourth-order valence-electron chi connectivity index (χ4n) is 1.21. The van der Waals surface area contributed by atoms with Gasteiger partial charge in [0.2, 0.25) is 0 Å². The van der Waals surface area contributed by atoms with Gasteiger partial charge in [-0.15, -0.1) is 0 Å². The SMILES string of the molecule is FC(F)(F)c1ccn(-c2ccc(Cl)cc2)n1. The fraction of sp³-hybridized carbons (Fsp3) is 0.100. The molecule has 0 atom stereocenters. The topological polar surface area (TPSA) is 17.8 Å². The maximum Gasteiger partial charge on any atom is 0.435 e. The van der Waals surface area contributed by atoms with Crippen LogP contribution in [-0.2, 0) is 6.18 Å². The highest BCUT2D eigenvalue weighted by Gasteiger charge is 2.33. The van der Waals surface area contributed by atoms with Gasteiger partial charge in [-0.2, -0.15) is 18.3 Å². The van der Waals surface area contributed by atoms with Gasteiger partial charge in [0.25, 0.3) is 0 Å². The first-order valence-electron chi connectivity index (χ1n) is 4.35. The van der Waals surface area contributed by atoms with Crippen LogP contribution in [0.15, 0.2) is 36.5 Å². The zero-order valence-electron chi connectivity index (χ0n) is 7.87. The Bertz CT molecular complexity index is 488. The van der Waals surface area contributed by atoms with Crippen molar-refractivity contribution in [2.24, 2.45) is 0 Å². The van der Waals surface area contributed by atoms with E-state index in [1.165, 1.54) is 6.20 Å². The predicted molar refractivity (Wildman–Crippen MR) is 53.6 cm³/mol. The highest BCUT2D eigenvalue weighted by atomic mass is 35.5. The van der Waals surface area contributed by atoms with Crippen LogP contribution in [0, 0.1) is 0 Å². The second-order valence-electron chi connectivity index (χ2n) is 3.12. The summed E-state index contributed by atoms with van der Waals surface area (Å²) in [4.78, 5) is 0. The van der Waals surface area contributed by atoms with E-state index in [-0.39, 0.29) is 0 Å². The highest BCUT2D eigenvalue weighted by Crippen LogP contribution is 2.27. The Morgan fingerprint density at radius 2 is 1.69 bits per heavy atom. The van der Waals surface area contributed by atoms with E-state index < -0.39 is 11.9 Å². The van der Waals surface area contributed by atoms with Gasteiger partial charge in [0.05, 0.1) is 5.69 Å². The third kappa shape index (κ3) is 2.19. The first kappa shape index (κ1) is 11.0. The molecule has 0 fully saturated rings. The molecule has 0 aliphatic carbocycles. The average Bonchev–Trinajstić information content (AvgIpc) is 2.67. The number of rotatable bonds is 1. The van der Waals surface area contributed by atoms with E-state index >= 15 is 0 Å². The van der Waals surface area contributed by atoms with E-state index in [1.807, 2.05) is 0 Å². The summed E-state index contributed by atoms with van der Waals surface area (Å²) in [6.07, 6.45) is -3.16. The molecule has 2 rings (SSSR count). The Morgan fingerprint density at radius 3 is 2.19 bits per heavy atom. The molecule has 0 saturated heterocycles. The van der Waals surface area contributed by atoms with E-state index in [0.717, 1.165) is 10.7 Å². The lowest BCUT2D eigenvalue weighted by Crippen LogP contribution is -2.07. The normalized spacial score (nSPS) is 11.8. The van der Waals surface area contributed by atoms with Crippen molar-refractivity contribution >= 4 is 11.6 Å². The fourth-order valence-corrected chi connectivity index (χ4v) is 1.34. The summed E-state index contributed by atoms with van der Waals surface area (Å²) in [5.41, 5.74) is -0.387. The molecule has 0 bridgehead atoms. The third-order valence-corrected chi connectivity index (χ3v) is 2.22. The van der Waals surface area contributed by atoms with Crippen LogP contribution in [0.5, 0.6) is 0 Å². The lowest BCUT2D eigenvalue weighted by Gasteiger charge is -2.02. The largest absolute Gasteiger partial charge is 0.435 e. The van der Waals surface area contributed by atoms with Gasteiger partial charge in [-0.3, -0.25) is 0 Å². The number of aromatic nitrogens is 2. The van der Waals surface area contributed by atoms with Crippen molar-refractivity contribution in [2.75, 3.05) is 0 Å². The van der Waals surface area contributed by atoms with Gasteiger partial charge in [0.15, 0.2) is 5.69 Å². The monoisotopic (exact) mass is 246 g/mol. The number of benzene rings is 1.